The van der Waals surface area contributed by atoms with E-state index >= 15 is 0 Å². The lowest BCUT2D eigenvalue weighted by Crippen LogP contribution is -2.46. The Morgan fingerprint density at radius 2 is 1.58 bits per heavy atom. The first kappa shape index (κ1) is 19.6. The molecule has 0 fully saturated rings. The van der Waals surface area contributed by atoms with Crippen molar-refractivity contribution in [3.63, 3.8) is 0 Å². The molecule has 5 rings (SSSR count). The third-order valence-corrected chi connectivity index (χ3v) is 5.96. The molecule has 1 atom stereocenters. The van der Waals surface area contributed by atoms with E-state index in [-0.39, 0.29) is 17.0 Å². The predicted octanol–water partition coefficient (Wildman–Crippen LogP) is 4.42. The maximum Gasteiger partial charge on any atom is 0.342 e. The SMILES string of the molecule is O=C(OC1(O)CC=c2ccccc2=C1c1cccc2ccccc12)c1ccccc1Cl. The number of carbonyl (C=O) groups excluding carboxylic acids is 1. The number of hydrogen-bond donors (Lipinski definition) is 1. The molecule has 4 aromatic carbocycles. The van der Waals surface area contributed by atoms with Crippen molar-refractivity contribution < 1.29 is 14.6 Å². The first-order chi connectivity index (χ1) is 15.1. The molecule has 0 amide bonds. The summed E-state index contributed by atoms with van der Waals surface area (Å²) in [6, 6.07) is 28.4. The summed E-state index contributed by atoms with van der Waals surface area (Å²) in [5, 5.41) is 15.9. The fourth-order valence-corrected chi connectivity index (χ4v) is 4.40. The minimum atomic E-state index is -1.84. The van der Waals surface area contributed by atoms with E-state index in [1.165, 1.54) is 0 Å². The number of esters is 1. The van der Waals surface area contributed by atoms with Crippen molar-refractivity contribution in [1.82, 2.24) is 0 Å². The number of hydrogen-bond acceptors (Lipinski definition) is 3. The van der Waals surface area contributed by atoms with Gasteiger partial charge in [0, 0.05) is 12.0 Å². The Kier molecular flexibility index (Phi) is 4.85. The van der Waals surface area contributed by atoms with Crippen molar-refractivity contribution in [1.29, 1.82) is 0 Å². The Bertz CT molecular complexity index is 1440. The zero-order chi connectivity index (χ0) is 21.4. The summed E-state index contributed by atoms with van der Waals surface area (Å²) in [4.78, 5) is 13.0. The van der Waals surface area contributed by atoms with Crippen LogP contribution in [0.2, 0.25) is 5.02 Å². The molecule has 152 valence electrons. The second kappa shape index (κ2) is 7.69. The van der Waals surface area contributed by atoms with E-state index in [1.807, 2.05) is 72.8 Å². The second-order valence-electron chi connectivity index (χ2n) is 7.55. The molecule has 31 heavy (non-hydrogen) atoms. The van der Waals surface area contributed by atoms with Gasteiger partial charge in [0.25, 0.3) is 0 Å². The number of rotatable bonds is 3. The zero-order valence-corrected chi connectivity index (χ0v) is 17.3. The number of fused-ring (bicyclic) bond motifs is 2. The van der Waals surface area contributed by atoms with Crippen molar-refractivity contribution >= 4 is 40.0 Å². The van der Waals surface area contributed by atoms with E-state index < -0.39 is 11.8 Å². The molecule has 0 saturated carbocycles. The number of aliphatic hydroxyl groups is 1. The van der Waals surface area contributed by atoms with Crippen LogP contribution in [-0.2, 0) is 4.74 Å². The molecule has 0 saturated heterocycles. The molecule has 0 spiro atoms. The Morgan fingerprint density at radius 3 is 2.45 bits per heavy atom. The van der Waals surface area contributed by atoms with E-state index in [9.17, 15) is 9.90 Å². The molecule has 0 radical (unpaired) electrons. The number of ether oxygens (including phenoxy) is 1. The summed E-state index contributed by atoms with van der Waals surface area (Å²) in [6.07, 6.45) is 2.03. The summed E-state index contributed by atoms with van der Waals surface area (Å²) in [6.45, 7) is 0. The minimum Gasteiger partial charge on any atom is -0.425 e. The molecule has 1 aliphatic carbocycles. The second-order valence-corrected chi connectivity index (χ2v) is 7.96. The van der Waals surface area contributed by atoms with Crippen LogP contribution in [0.5, 0.6) is 0 Å². The third kappa shape index (κ3) is 3.42. The molecule has 3 nitrogen and oxygen atoms in total. The van der Waals surface area contributed by atoms with Gasteiger partial charge in [-0.15, -0.1) is 0 Å². The Morgan fingerprint density at radius 1 is 0.871 bits per heavy atom. The van der Waals surface area contributed by atoms with Crippen LogP contribution in [0.15, 0.2) is 91.0 Å². The summed E-state index contributed by atoms with van der Waals surface area (Å²) in [5.74, 6) is -2.51. The third-order valence-electron chi connectivity index (χ3n) is 5.63. The van der Waals surface area contributed by atoms with Crippen LogP contribution in [-0.4, -0.2) is 16.9 Å². The van der Waals surface area contributed by atoms with Gasteiger partial charge in [-0.25, -0.2) is 4.79 Å². The average molecular weight is 427 g/mol. The van der Waals surface area contributed by atoms with Crippen molar-refractivity contribution in [2.75, 3.05) is 0 Å². The van der Waals surface area contributed by atoms with Crippen LogP contribution >= 0.6 is 11.6 Å². The van der Waals surface area contributed by atoms with Gasteiger partial charge in [0.1, 0.15) is 0 Å². The van der Waals surface area contributed by atoms with Crippen LogP contribution in [0.4, 0.5) is 0 Å². The number of benzene rings is 4. The van der Waals surface area contributed by atoms with Gasteiger partial charge in [0.15, 0.2) is 0 Å². The van der Waals surface area contributed by atoms with Crippen molar-refractivity contribution in [3.8, 4) is 0 Å². The summed E-state index contributed by atoms with van der Waals surface area (Å²) in [5.41, 5.74) is 1.62. The van der Waals surface area contributed by atoms with Crippen molar-refractivity contribution in [2.45, 2.75) is 12.2 Å². The molecule has 0 heterocycles. The first-order valence-corrected chi connectivity index (χ1v) is 10.4. The minimum absolute atomic E-state index is 0.138. The fourth-order valence-electron chi connectivity index (χ4n) is 4.19. The van der Waals surface area contributed by atoms with Gasteiger partial charge in [0.2, 0.25) is 5.79 Å². The highest BCUT2D eigenvalue weighted by molar-refractivity contribution is 6.33. The monoisotopic (exact) mass is 426 g/mol. The normalized spacial score (nSPS) is 17.7. The Balaban J connectivity index is 1.74. The lowest BCUT2D eigenvalue weighted by atomic mass is 9.86. The topological polar surface area (TPSA) is 46.5 Å². The first-order valence-electron chi connectivity index (χ1n) is 10.1. The van der Waals surface area contributed by atoms with Crippen LogP contribution in [0, 0.1) is 0 Å². The maximum atomic E-state index is 13.0. The van der Waals surface area contributed by atoms with Crippen molar-refractivity contribution in [3.05, 3.63) is 118 Å². The van der Waals surface area contributed by atoms with E-state index in [2.05, 4.69) is 0 Å². The Hall–Kier alpha value is -3.40. The quantitative estimate of drug-likeness (QED) is 0.389. The molecule has 0 aromatic heterocycles. The van der Waals surface area contributed by atoms with Crippen LogP contribution in [0.1, 0.15) is 22.3 Å². The average Bonchev–Trinajstić information content (AvgIpc) is 2.79. The smallest absolute Gasteiger partial charge is 0.342 e. The molecule has 1 N–H and O–H groups in total. The van der Waals surface area contributed by atoms with Gasteiger partial charge >= 0.3 is 5.97 Å². The van der Waals surface area contributed by atoms with Crippen LogP contribution < -0.4 is 10.4 Å². The number of carbonyl (C=O) groups is 1. The lowest BCUT2D eigenvalue weighted by Gasteiger charge is -2.32. The standard InChI is InChI=1S/C27H19ClO3/c28-24-15-6-5-13-23(24)26(29)31-27(30)17-16-19-9-2-4-12-21(19)25(27)22-14-7-10-18-8-1-3-11-20(18)22/h1-16,30H,17H2. The van der Waals surface area contributed by atoms with Gasteiger partial charge in [0.05, 0.1) is 10.6 Å². The highest BCUT2D eigenvalue weighted by Gasteiger charge is 2.39. The molecule has 1 aliphatic rings. The number of halogens is 1. The molecule has 4 aromatic rings. The highest BCUT2D eigenvalue weighted by Crippen LogP contribution is 2.36. The van der Waals surface area contributed by atoms with Gasteiger partial charge in [-0.1, -0.05) is 96.5 Å². The summed E-state index contributed by atoms with van der Waals surface area (Å²) < 4.78 is 5.78. The van der Waals surface area contributed by atoms with Gasteiger partial charge in [-0.3, -0.25) is 0 Å². The molecular weight excluding hydrogens is 408 g/mol. The van der Waals surface area contributed by atoms with Crippen LogP contribution in [0.3, 0.4) is 0 Å². The summed E-state index contributed by atoms with van der Waals surface area (Å²) in [7, 11) is 0. The Labute approximate surface area is 184 Å². The molecule has 0 bridgehead atoms. The molecule has 4 heteroatoms. The van der Waals surface area contributed by atoms with E-state index in [0.717, 1.165) is 26.8 Å². The largest absolute Gasteiger partial charge is 0.425 e. The van der Waals surface area contributed by atoms with Gasteiger partial charge in [-0.05, 0) is 38.9 Å². The highest BCUT2D eigenvalue weighted by atomic mass is 35.5. The molecule has 1 unspecified atom stereocenters. The van der Waals surface area contributed by atoms with Crippen molar-refractivity contribution in [2.24, 2.45) is 0 Å². The molecule has 0 aliphatic heterocycles. The molecular formula is C27H19ClO3. The van der Waals surface area contributed by atoms with E-state index in [1.54, 1.807) is 24.3 Å². The zero-order valence-electron chi connectivity index (χ0n) is 16.6. The van der Waals surface area contributed by atoms with Crippen LogP contribution in [0.25, 0.3) is 22.4 Å². The predicted molar refractivity (Wildman–Crippen MR) is 123 cm³/mol. The van der Waals surface area contributed by atoms with E-state index in [0.29, 0.717) is 5.57 Å². The van der Waals surface area contributed by atoms with Gasteiger partial charge in [-0.2, -0.15) is 0 Å². The van der Waals surface area contributed by atoms with Gasteiger partial charge < -0.3 is 9.84 Å². The lowest BCUT2D eigenvalue weighted by molar-refractivity contribution is -0.115. The van der Waals surface area contributed by atoms with E-state index in [4.69, 9.17) is 16.3 Å². The maximum absolute atomic E-state index is 13.0. The fraction of sp³-hybridized carbons (Fsp3) is 0.0741. The summed E-state index contributed by atoms with van der Waals surface area (Å²) >= 11 is 6.20.